The van der Waals surface area contributed by atoms with Crippen LogP contribution in [0.2, 0.25) is 0 Å². The molecule has 1 nitrogen and oxygen atoms in total. The SMILES string of the molecule is C=C(/C=C(CC(C)C)\C(C)=C/NC)c1ccccc1. The first-order valence-corrected chi connectivity index (χ1v) is 6.84. The summed E-state index contributed by atoms with van der Waals surface area (Å²) in [4.78, 5) is 0. The van der Waals surface area contributed by atoms with E-state index < -0.39 is 0 Å². The predicted molar refractivity (Wildman–Crippen MR) is 85.8 cm³/mol. The molecule has 0 spiro atoms. The van der Waals surface area contributed by atoms with Gasteiger partial charge in [-0.15, -0.1) is 0 Å². The fourth-order valence-electron chi connectivity index (χ4n) is 2.03. The standard InChI is InChI=1S/C18H25N/c1-14(2)11-18(16(4)13-19-5)12-15(3)17-9-7-6-8-10-17/h6-10,12-14,19H,3,11H2,1-2,4-5H3/b16-13-,18-12-. The minimum atomic E-state index is 0.634. The van der Waals surface area contributed by atoms with Crippen LogP contribution in [0.25, 0.3) is 5.57 Å². The van der Waals surface area contributed by atoms with Gasteiger partial charge < -0.3 is 5.32 Å². The molecule has 102 valence electrons. The molecule has 1 heteroatoms. The molecule has 0 aliphatic carbocycles. The third kappa shape index (κ3) is 5.17. The third-order valence-electron chi connectivity index (χ3n) is 2.99. The summed E-state index contributed by atoms with van der Waals surface area (Å²) in [5, 5.41) is 3.10. The van der Waals surface area contributed by atoms with E-state index in [1.165, 1.54) is 16.7 Å². The smallest absolute Gasteiger partial charge is 0.00278 e. The molecule has 0 fully saturated rings. The van der Waals surface area contributed by atoms with E-state index in [9.17, 15) is 0 Å². The van der Waals surface area contributed by atoms with Crippen molar-refractivity contribution in [3.63, 3.8) is 0 Å². The number of rotatable bonds is 6. The van der Waals surface area contributed by atoms with Crippen LogP contribution in [0.1, 0.15) is 32.8 Å². The summed E-state index contributed by atoms with van der Waals surface area (Å²) in [6, 6.07) is 10.3. The normalized spacial score (nSPS) is 12.7. The molecule has 0 aromatic heterocycles. The number of hydrogen-bond acceptors (Lipinski definition) is 1. The first-order valence-electron chi connectivity index (χ1n) is 6.84. The summed E-state index contributed by atoms with van der Waals surface area (Å²) in [7, 11) is 1.93. The Kier molecular flexibility index (Phi) is 6.14. The number of hydrogen-bond donors (Lipinski definition) is 1. The van der Waals surface area contributed by atoms with Crippen LogP contribution in [0.3, 0.4) is 0 Å². The van der Waals surface area contributed by atoms with Crippen LogP contribution in [0.4, 0.5) is 0 Å². The Morgan fingerprint density at radius 2 is 1.89 bits per heavy atom. The minimum absolute atomic E-state index is 0.634. The van der Waals surface area contributed by atoms with Crippen LogP contribution in [-0.4, -0.2) is 7.05 Å². The largest absolute Gasteiger partial charge is 0.394 e. The molecule has 0 bridgehead atoms. The van der Waals surface area contributed by atoms with Gasteiger partial charge in [0.05, 0.1) is 0 Å². The fraction of sp³-hybridized carbons (Fsp3) is 0.333. The van der Waals surface area contributed by atoms with Gasteiger partial charge in [0.1, 0.15) is 0 Å². The molecule has 1 aromatic rings. The summed E-state index contributed by atoms with van der Waals surface area (Å²) in [6.45, 7) is 10.8. The lowest BCUT2D eigenvalue weighted by atomic mass is 9.94. The van der Waals surface area contributed by atoms with E-state index in [-0.39, 0.29) is 0 Å². The van der Waals surface area contributed by atoms with Gasteiger partial charge in [-0.05, 0) is 47.7 Å². The summed E-state index contributed by atoms with van der Waals surface area (Å²) >= 11 is 0. The molecule has 0 radical (unpaired) electrons. The van der Waals surface area contributed by atoms with Crippen molar-refractivity contribution in [2.75, 3.05) is 7.05 Å². The number of benzene rings is 1. The van der Waals surface area contributed by atoms with E-state index >= 15 is 0 Å². The van der Waals surface area contributed by atoms with Crippen LogP contribution in [-0.2, 0) is 0 Å². The maximum absolute atomic E-state index is 4.19. The van der Waals surface area contributed by atoms with Crippen molar-refractivity contribution in [2.45, 2.75) is 27.2 Å². The van der Waals surface area contributed by atoms with E-state index in [0.29, 0.717) is 5.92 Å². The van der Waals surface area contributed by atoms with Crippen LogP contribution in [0.15, 0.2) is 60.3 Å². The molecular weight excluding hydrogens is 230 g/mol. The van der Waals surface area contributed by atoms with Gasteiger partial charge >= 0.3 is 0 Å². The fourth-order valence-corrected chi connectivity index (χ4v) is 2.03. The average molecular weight is 255 g/mol. The van der Waals surface area contributed by atoms with Crippen LogP contribution < -0.4 is 5.32 Å². The van der Waals surface area contributed by atoms with Crippen LogP contribution >= 0.6 is 0 Å². The van der Waals surface area contributed by atoms with Crippen molar-refractivity contribution >= 4 is 5.57 Å². The Morgan fingerprint density at radius 3 is 2.42 bits per heavy atom. The molecule has 19 heavy (non-hydrogen) atoms. The predicted octanol–water partition coefficient (Wildman–Crippen LogP) is 4.80. The Labute approximate surface area is 117 Å². The Bertz CT molecular complexity index is 464. The summed E-state index contributed by atoms with van der Waals surface area (Å²) in [6.07, 6.45) is 5.32. The maximum atomic E-state index is 4.19. The van der Waals surface area contributed by atoms with E-state index in [4.69, 9.17) is 0 Å². The highest BCUT2D eigenvalue weighted by Gasteiger charge is 2.05. The van der Waals surface area contributed by atoms with Crippen molar-refractivity contribution in [2.24, 2.45) is 5.92 Å². The lowest BCUT2D eigenvalue weighted by Gasteiger charge is -2.12. The monoisotopic (exact) mass is 255 g/mol. The maximum Gasteiger partial charge on any atom is 0.00278 e. The van der Waals surface area contributed by atoms with Crippen molar-refractivity contribution in [1.29, 1.82) is 0 Å². The average Bonchev–Trinajstić information content (AvgIpc) is 2.38. The lowest BCUT2D eigenvalue weighted by molar-refractivity contribution is 0.645. The molecule has 0 saturated carbocycles. The van der Waals surface area contributed by atoms with Gasteiger partial charge in [-0.1, -0.05) is 56.8 Å². The third-order valence-corrected chi connectivity index (χ3v) is 2.99. The van der Waals surface area contributed by atoms with E-state index in [2.05, 4.69) is 50.9 Å². The Hall–Kier alpha value is -1.76. The van der Waals surface area contributed by atoms with Gasteiger partial charge in [0.15, 0.2) is 0 Å². The van der Waals surface area contributed by atoms with Crippen LogP contribution in [0.5, 0.6) is 0 Å². The topological polar surface area (TPSA) is 12.0 Å². The first-order chi connectivity index (χ1) is 9.04. The molecule has 0 amide bonds. The molecule has 0 aliphatic heterocycles. The van der Waals surface area contributed by atoms with Crippen molar-refractivity contribution in [3.8, 4) is 0 Å². The second-order valence-corrected chi connectivity index (χ2v) is 5.27. The Morgan fingerprint density at radius 1 is 1.26 bits per heavy atom. The van der Waals surface area contributed by atoms with Gasteiger partial charge in [-0.3, -0.25) is 0 Å². The molecule has 0 aliphatic rings. The highest BCUT2D eigenvalue weighted by Crippen LogP contribution is 2.23. The zero-order valence-corrected chi connectivity index (χ0v) is 12.5. The van der Waals surface area contributed by atoms with Gasteiger partial charge in [0.2, 0.25) is 0 Å². The quantitative estimate of drug-likeness (QED) is 0.720. The molecular formula is C18H25N. The van der Waals surface area contributed by atoms with Gasteiger partial charge in [0, 0.05) is 7.05 Å². The zero-order chi connectivity index (χ0) is 14.3. The second kappa shape index (κ2) is 7.63. The molecule has 1 aromatic carbocycles. The molecule has 0 heterocycles. The van der Waals surface area contributed by atoms with E-state index in [1.807, 2.05) is 31.4 Å². The molecule has 0 atom stereocenters. The summed E-state index contributed by atoms with van der Waals surface area (Å²) in [5.41, 5.74) is 4.87. The van der Waals surface area contributed by atoms with E-state index in [0.717, 1.165) is 12.0 Å². The minimum Gasteiger partial charge on any atom is -0.394 e. The van der Waals surface area contributed by atoms with Crippen LogP contribution in [0, 0.1) is 5.92 Å². The molecule has 0 saturated heterocycles. The zero-order valence-electron chi connectivity index (χ0n) is 12.5. The second-order valence-electron chi connectivity index (χ2n) is 5.27. The first kappa shape index (κ1) is 15.3. The van der Waals surface area contributed by atoms with Crippen molar-refractivity contribution < 1.29 is 0 Å². The highest BCUT2D eigenvalue weighted by atomic mass is 14.8. The summed E-state index contributed by atoms with van der Waals surface area (Å²) < 4.78 is 0. The van der Waals surface area contributed by atoms with Crippen molar-refractivity contribution in [3.05, 3.63) is 65.9 Å². The Balaban J connectivity index is 3.00. The van der Waals surface area contributed by atoms with Gasteiger partial charge in [-0.25, -0.2) is 0 Å². The summed E-state index contributed by atoms with van der Waals surface area (Å²) in [5.74, 6) is 0.634. The lowest BCUT2D eigenvalue weighted by Crippen LogP contribution is -2.00. The number of nitrogens with one attached hydrogen (secondary N) is 1. The number of allylic oxidation sites excluding steroid dienone is 4. The van der Waals surface area contributed by atoms with Crippen molar-refractivity contribution in [1.82, 2.24) is 5.32 Å². The van der Waals surface area contributed by atoms with E-state index in [1.54, 1.807) is 0 Å². The molecule has 1 rings (SSSR count). The molecule has 1 N–H and O–H groups in total. The van der Waals surface area contributed by atoms with Gasteiger partial charge in [0.25, 0.3) is 0 Å². The van der Waals surface area contributed by atoms with Gasteiger partial charge in [-0.2, -0.15) is 0 Å². The molecule has 0 unspecified atom stereocenters. The highest BCUT2D eigenvalue weighted by molar-refractivity contribution is 5.73.